The molecule has 0 bridgehead atoms. The second-order valence-corrected chi connectivity index (χ2v) is 9.94. The zero-order valence-corrected chi connectivity index (χ0v) is 10.3. The first-order valence-corrected chi connectivity index (χ1v) is 8.85. The first-order chi connectivity index (χ1) is 5.81. The van der Waals surface area contributed by atoms with E-state index in [0.717, 1.165) is 19.2 Å². The Hall–Kier alpha value is 0.222. The van der Waals surface area contributed by atoms with Crippen molar-refractivity contribution in [2.24, 2.45) is 10.1 Å². The van der Waals surface area contributed by atoms with Gasteiger partial charge in [-0.15, -0.1) is 0 Å². The maximum atomic E-state index is 8.30. The molecular weight excluding hydrogens is 303 g/mol. The van der Waals surface area contributed by atoms with E-state index in [1.807, 2.05) is 10.8 Å². The summed E-state index contributed by atoms with van der Waals surface area (Å²) in [5, 5.41) is 28.0. The zero-order valence-electron chi connectivity index (χ0n) is 7.13. The summed E-state index contributed by atoms with van der Waals surface area (Å²) in [4.78, 5) is 0. The zero-order chi connectivity index (χ0) is 10.9. The Morgan fingerprint density at radius 3 is 1.69 bits per heavy atom. The van der Waals surface area contributed by atoms with E-state index >= 15 is 0 Å². The quantitative estimate of drug-likeness (QED) is 0.383. The van der Waals surface area contributed by atoms with Crippen LogP contribution >= 0.6 is 19.2 Å². The Kier molecular flexibility index (Phi) is 10.6. The topological polar surface area (TPSA) is 120 Å². The SMILES string of the molecule is CC(C)(N)O.N#C[S][Pd]([NH2])[S]C#N. The van der Waals surface area contributed by atoms with Crippen molar-refractivity contribution in [3.63, 3.8) is 0 Å². The summed E-state index contributed by atoms with van der Waals surface area (Å²) in [7, 11) is 1.99. The number of nitriles is 2. The normalized spacial score (nSPS) is 10.2. The van der Waals surface area contributed by atoms with Gasteiger partial charge in [-0.2, -0.15) is 0 Å². The van der Waals surface area contributed by atoms with Crippen LogP contribution in [0.5, 0.6) is 0 Å². The molecule has 0 aromatic heterocycles. The molecule has 0 unspecified atom stereocenters. The Morgan fingerprint density at radius 1 is 1.31 bits per heavy atom. The van der Waals surface area contributed by atoms with Gasteiger partial charge in [0.25, 0.3) is 0 Å². The van der Waals surface area contributed by atoms with E-state index in [0.29, 0.717) is 0 Å². The molecule has 0 saturated carbocycles. The van der Waals surface area contributed by atoms with Crippen molar-refractivity contribution in [3.8, 4) is 10.8 Å². The molecule has 0 heterocycles. The third-order valence-corrected chi connectivity index (χ3v) is 5.15. The van der Waals surface area contributed by atoms with E-state index in [4.69, 9.17) is 25.7 Å². The molecule has 0 spiro atoms. The number of nitrogens with zero attached hydrogens (tertiary/aromatic N) is 2. The Labute approximate surface area is 89.6 Å². The monoisotopic (exact) mass is 313 g/mol. The summed E-state index contributed by atoms with van der Waals surface area (Å²) in [5.74, 6) is 0. The minimum atomic E-state index is -1.40. The van der Waals surface area contributed by atoms with Gasteiger partial charge in [0, 0.05) is 0 Å². The molecule has 79 valence electrons. The fourth-order valence-corrected chi connectivity index (χ4v) is 2.55. The van der Waals surface area contributed by atoms with Gasteiger partial charge in [0.2, 0.25) is 0 Å². The van der Waals surface area contributed by atoms with Crippen LogP contribution in [-0.2, 0) is 14.5 Å². The van der Waals surface area contributed by atoms with Crippen LogP contribution in [0.1, 0.15) is 13.8 Å². The van der Waals surface area contributed by atoms with Gasteiger partial charge in [0.15, 0.2) is 0 Å². The summed E-state index contributed by atoms with van der Waals surface area (Å²) < 4.78 is 5.29. The molecule has 5 N–H and O–H groups in total. The molecule has 0 aromatic rings. The molecule has 0 saturated heterocycles. The number of thiocyanates is 2. The van der Waals surface area contributed by atoms with E-state index in [9.17, 15) is 0 Å². The Balaban J connectivity index is 0. The van der Waals surface area contributed by atoms with E-state index < -0.39 is 20.2 Å². The number of aliphatic hydroxyl groups is 1. The summed E-state index contributed by atoms with van der Waals surface area (Å²) in [5.41, 5.74) is 3.91. The summed E-state index contributed by atoms with van der Waals surface area (Å²) in [6.45, 7) is 3.04. The van der Waals surface area contributed by atoms with E-state index in [2.05, 4.69) is 0 Å². The van der Waals surface area contributed by atoms with Gasteiger partial charge in [0.1, 0.15) is 5.72 Å². The molecular formula is C5H11N4OPdS2. The first kappa shape index (κ1) is 15.7. The molecule has 0 aromatic carbocycles. The predicted octanol–water partition coefficient (Wildman–Crippen LogP) is 0.410. The molecule has 0 amide bonds. The fraction of sp³-hybridized carbons (Fsp3) is 0.600. The number of nitrogens with two attached hydrogens (primary N) is 2. The van der Waals surface area contributed by atoms with Gasteiger partial charge in [-0.1, -0.05) is 0 Å². The summed E-state index contributed by atoms with van der Waals surface area (Å²) in [6.07, 6.45) is 0. The van der Waals surface area contributed by atoms with Gasteiger partial charge in [-0.05, 0) is 13.8 Å². The summed E-state index contributed by atoms with van der Waals surface area (Å²) in [6, 6.07) is 0. The van der Waals surface area contributed by atoms with Gasteiger partial charge < -0.3 is 10.8 Å². The van der Waals surface area contributed by atoms with E-state index in [-0.39, 0.29) is 0 Å². The Bertz CT molecular complexity index is 184. The molecule has 0 radical (unpaired) electrons. The molecule has 8 heteroatoms. The fourth-order valence-electron chi connectivity index (χ4n) is 0.0701. The van der Waals surface area contributed by atoms with Gasteiger partial charge >= 0.3 is 59.4 Å². The molecule has 13 heavy (non-hydrogen) atoms. The summed E-state index contributed by atoms with van der Waals surface area (Å²) >= 11 is -1.40. The number of rotatable bonds is 2. The second-order valence-electron chi connectivity index (χ2n) is 2.17. The van der Waals surface area contributed by atoms with Crippen LogP contribution in [-0.4, -0.2) is 10.8 Å². The van der Waals surface area contributed by atoms with Crippen LogP contribution in [0.4, 0.5) is 0 Å². The van der Waals surface area contributed by atoms with Crippen molar-refractivity contribution in [3.05, 3.63) is 0 Å². The van der Waals surface area contributed by atoms with Crippen LogP contribution in [0.25, 0.3) is 0 Å². The molecule has 0 aliphatic rings. The van der Waals surface area contributed by atoms with Crippen molar-refractivity contribution in [1.29, 1.82) is 10.5 Å². The number of hydrogen-bond acceptors (Lipinski definition) is 7. The van der Waals surface area contributed by atoms with Crippen LogP contribution in [0.15, 0.2) is 0 Å². The average molecular weight is 314 g/mol. The van der Waals surface area contributed by atoms with Crippen LogP contribution in [0.3, 0.4) is 0 Å². The van der Waals surface area contributed by atoms with Gasteiger partial charge in [-0.25, -0.2) is 0 Å². The molecule has 0 atom stereocenters. The molecule has 0 rings (SSSR count). The first-order valence-electron chi connectivity index (χ1n) is 2.81. The predicted molar refractivity (Wildman–Crippen MR) is 51.1 cm³/mol. The third-order valence-electron chi connectivity index (χ3n) is 0.185. The van der Waals surface area contributed by atoms with Gasteiger partial charge in [-0.3, -0.25) is 0 Å². The van der Waals surface area contributed by atoms with Crippen molar-refractivity contribution >= 4 is 19.2 Å². The molecule has 0 aliphatic heterocycles. The second kappa shape index (κ2) is 8.80. The van der Waals surface area contributed by atoms with Crippen molar-refractivity contribution in [2.75, 3.05) is 0 Å². The van der Waals surface area contributed by atoms with Crippen LogP contribution < -0.4 is 10.1 Å². The maximum absolute atomic E-state index is 8.30. The van der Waals surface area contributed by atoms with Crippen LogP contribution in [0, 0.1) is 21.3 Å². The average Bonchev–Trinajstić information content (AvgIpc) is 1.84. The van der Waals surface area contributed by atoms with Crippen LogP contribution in [0.2, 0.25) is 0 Å². The third kappa shape index (κ3) is 33.0. The molecule has 0 aliphatic carbocycles. The standard InChI is InChI=1S/C3H9NO.2CHNS.H2N.Pd/c1-3(2,4)5;2*2-1-3;;/h5H,4H2,1-2H3;2*3H;1H2;/q;;;-1;+3/p-2. The minimum absolute atomic E-state index is 0.996. The Morgan fingerprint density at radius 2 is 1.54 bits per heavy atom. The molecule has 5 nitrogen and oxygen atoms in total. The van der Waals surface area contributed by atoms with E-state index in [1.165, 1.54) is 13.8 Å². The van der Waals surface area contributed by atoms with Crippen molar-refractivity contribution in [2.45, 2.75) is 19.6 Å². The molecule has 0 fully saturated rings. The number of hydrogen-bond donors (Lipinski definition) is 3. The van der Waals surface area contributed by atoms with E-state index in [1.54, 1.807) is 0 Å². The van der Waals surface area contributed by atoms with Crippen molar-refractivity contribution in [1.82, 2.24) is 0 Å². The van der Waals surface area contributed by atoms with Gasteiger partial charge in [0.05, 0.1) is 0 Å². The van der Waals surface area contributed by atoms with Crippen molar-refractivity contribution < 1.29 is 19.6 Å².